The van der Waals surface area contributed by atoms with E-state index in [1.165, 1.54) is 0 Å². The zero-order valence-electron chi connectivity index (χ0n) is 7.80. The van der Waals surface area contributed by atoms with Crippen molar-refractivity contribution in [1.82, 2.24) is 0 Å². The van der Waals surface area contributed by atoms with Gasteiger partial charge in [-0.15, -0.1) is 0 Å². The molecule has 0 rings (SSSR count). The van der Waals surface area contributed by atoms with Crippen LogP contribution < -0.4 is 0 Å². The molecule has 0 spiro atoms. The van der Waals surface area contributed by atoms with Crippen LogP contribution >= 0.6 is 0 Å². The van der Waals surface area contributed by atoms with Crippen molar-refractivity contribution < 1.29 is 39.7 Å². The summed E-state index contributed by atoms with van der Waals surface area (Å²) in [5.74, 6) is -1.67. The van der Waals surface area contributed by atoms with Gasteiger partial charge in [-0.3, -0.25) is 9.59 Å². The van der Waals surface area contributed by atoms with Crippen LogP contribution in [0.15, 0.2) is 0 Å². The average molecular weight is 201 g/mol. The summed E-state index contributed by atoms with van der Waals surface area (Å²) in [6, 6.07) is 0. The van der Waals surface area contributed by atoms with Gasteiger partial charge in [0.15, 0.2) is 0 Å². The summed E-state index contributed by atoms with van der Waals surface area (Å²) < 4.78 is 0. The first-order chi connectivity index (χ1) is 3.46. The number of aliphatic carboxylic acids is 2. The van der Waals surface area contributed by atoms with Crippen LogP contribution in [0.3, 0.4) is 0 Å². The molecule has 0 aliphatic carbocycles. The van der Waals surface area contributed by atoms with Gasteiger partial charge in [0.2, 0.25) is 0 Å². The van der Waals surface area contributed by atoms with E-state index >= 15 is 0 Å². The number of carboxylic acid groups (broad SMARTS) is 2. The Labute approximate surface area is 88.6 Å². The summed E-state index contributed by atoms with van der Waals surface area (Å²) in [5, 5.41) is 14.8. The molecule has 0 heterocycles. The maximum atomic E-state index is 9.00. The smallest absolute Gasteiger partial charge is 1.00 e. The zero-order valence-corrected chi connectivity index (χ0v) is 8.39. The zero-order chi connectivity index (χ0) is 7.15. The molecule has 0 aliphatic rings. The molecule has 0 aromatic rings. The van der Waals surface area contributed by atoms with Crippen LogP contribution in [0.25, 0.3) is 0 Å². The van der Waals surface area contributed by atoms with E-state index in [0.29, 0.717) is 0 Å². The minimum Gasteiger partial charge on any atom is -1.00 e. The quantitative estimate of drug-likeness (QED) is 0.542. The molecular weight excluding hydrogens is 191 g/mol. The van der Waals surface area contributed by atoms with E-state index in [0.717, 1.165) is 13.8 Å². The predicted octanol–water partition coefficient (Wildman–Crippen LogP) is 0.0235. The molecule has 59 valence electrons. The molecule has 0 unspecified atom stereocenters. The van der Waals surface area contributed by atoms with Crippen LogP contribution in [0.1, 0.15) is 16.7 Å². The van der Waals surface area contributed by atoms with Gasteiger partial charge in [-0.1, -0.05) is 0 Å². The van der Waals surface area contributed by atoms with E-state index < -0.39 is 11.9 Å². The van der Waals surface area contributed by atoms with Gasteiger partial charge in [-0.2, -0.15) is 0 Å². The van der Waals surface area contributed by atoms with Crippen molar-refractivity contribution in [2.45, 2.75) is 13.8 Å². The first-order valence-corrected chi connectivity index (χ1v) is 1.86. The predicted molar refractivity (Wildman–Crippen MR) is 34.6 cm³/mol. The Bertz CT molecular complexity index is 83.1. The van der Waals surface area contributed by atoms with Gasteiger partial charge < -0.3 is 13.1 Å². The van der Waals surface area contributed by atoms with Gasteiger partial charge in [0.05, 0.1) is 0 Å². The van der Waals surface area contributed by atoms with E-state index in [1.807, 2.05) is 0 Å². The summed E-state index contributed by atoms with van der Waals surface area (Å²) in [4.78, 5) is 18.0. The first-order valence-electron chi connectivity index (χ1n) is 1.86. The van der Waals surface area contributed by atoms with Crippen molar-refractivity contribution in [2.24, 2.45) is 0 Å². The molecule has 0 aliphatic heterocycles. The largest absolute Gasteiger partial charge is 2.00 e. The van der Waals surface area contributed by atoms with Gasteiger partial charge in [0.25, 0.3) is 11.9 Å². The van der Waals surface area contributed by atoms with E-state index in [4.69, 9.17) is 19.8 Å². The monoisotopic (exact) mass is 201 g/mol. The molecule has 1 radical (unpaired) electrons. The molecule has 2 N–H and O–H groups in total. The number of carbonyl (C=O) groups is 2. The molecule has 0 amide bonds. The maximum Gasteiger partial charge on any atom is 2.00 e. The minimum atomic E-state index is -0.833. The molecule has 0 saturated heterocycles. The molecule has 0 bridgehead atoms. The Morgan fingerprint density at radius 3 is 1.10 bits per heavy atom. The van der Waals surface area contributed by atoms with Gasteiger partial charge in [-0.05, 0) is 0 Å². The van der Waals surface area contributed by atoms with Crippen molar-refractivity contribution in [3.8, 4) is 0 Å². The van der Waals surface area contributed by atoms with Gasteiger partial charge in [0.1, 0.15) is 0 Å². The van der Waals surface area contributed by atoms with Gasteiger partial charge in [-0.25, -0.2) is 0 Å². The van der Waals surface area contributed by atoms with Crippen molar-refractivity contribution in [3.05, 3.63) is 0 Å². The van der Waals surface area contributed by atoms with Crippen molar-refractivity contribution in [1.29, 1.82) is 0 Å². The van der Waals surface area contributed by atoms with E-state index in [-0.39, 0.29) is 43.0 Å². The molecule has 4 nitrogen and oxygen atoms in total. The third kappa shape index (κ3) is 8430. The van der Waals surface area contributed by atoms with Crippen LogP contribution in [0.5, 0.6) is 0 Å². The van der Waals surface area contributed by atoms with Crippen molar-refractivity contribution >= 4 is 35.0 Å². The summed E-state index contributed by atoms with van der Waals surface area (Å²) in [6.07, 6.45) is 0. The molecule has 0 saturated carbocycles. The number of hydrogen-bond donors (Lipinski definition) is 2. The van der Waals surface area contributed by atoms with Crippen LogP contribution in [0.2, 0.25) is 0 Å². The summed E-state index contributed by atoms with van der Waals surface area (Å²) in [5.41, 5.74) is 0. The Morgan fingerprint density at radius 1 is 1.10 bits per heavy atom. The van der Waals surface area contributed by atoms with E-state index in [1.54, 1.807) is 0 Å². The van der Waals surface area contributed by atoms with Crippen molar-refractivity contribution in [3.63, 3.8) is 0 Å². The Morgan fingerprint density at radius 2 is 1.10 bits per heavy atom. The normalized spacial score (nSPS) is 5.00. The minimum absolute atomic E-state index is 0. The van der Waals surface area contributed by atoms with Crippen LogP contribution in [-0.4, -0.2) is 45.2 Å². The number of rotatable bonds is 0. The third-order valence-electron chi connectivity index (χ3n) is 0. The fraction of sp³-hybridized carbons (Fsp3) is 0.500. The van der Waals surface area contributed by atoms with Crippen LogP contribution in [0, 0.1) is 0 Å². The SMILES string of the molecule is CC(=O)O.CC(=O)O.[H-].[H-].[Mg+2].[Mn]. The fourth-order valence-electron chi connectivity index (χ4n) is 0. The molecule has 0 aromatic carbocycles. The van der Waals surface area contributed by atoms with E-state index in [9.17, 15) is 0 Å². The third-order valence-corrected chi connectivity index (χ3v) is 0. The maximum absolute atomic E-state index is 9.00. The topological polar surface area (TPSA) is 74.6 Å². The van der Waals surface area contributed by atoms with Gasteiger partial charge in [0, 0.05) is 30.9 Å². The van der Waals surface area contributed by atoms with E-state index in [2.05, 4.69) is 0 Å². The molecular formula is C4H10MgMnO4. The van der Waals surface area contributed by atoms with Crippen molar-refractivity contribution in [2.75, 3.05) is 0 Å². The molecule has 0 aromatic heterocycles. The Hall–Kier alpha value is 0.226. The number of hydrogen-bond acceptors (Lipinski definition) is 2. The molecule has 10 heavy (non-hydrogen) atoms. The Balaban J connectivity index is -0.0000000112. The first kappa shape index (κ1) is 22.5. The Kier molecular flexibility index (Phi) is 36.2. The standard InChI is InChI=1S/2C2H4O2.Mg.Mn.2H/c2*1-2(3)4;;;;/h2*1H3,(H,3,4);;;;/q;;+2;;2*-1. The van der Waals surface area contributed by atoms with Crippen LogP contribution in [0.4, 0.5) is 0 Å². The van der Waals surface area contributed by atoms with Crippen LogP contribution in [-0.2, 0) is 26.7 Å². The second kappa shape index (κ2) is 16.1. The number of carboxylic acids is 2. The molecule has 6 heteroatoms. The molecule has 0 fully saturated rings. The summed E-state index contributed by atoms with van der Waals surface area (Å²) in [7, 11) is 0. The second-order valence-corrected chi connectivity index (χ2v) is 1.04. The average Bonchev–Trinajstić information content (AvgIpc) is 1.25. The second-order valence-electron chi connectivity index (χ2n) is 1.04. The fourth-order valence-corrected chi connectivity index (χ4v) is 0. The van der Waals surface area contributed by atoms with Gasteiger partial charge >= 0.3 is 23.1 Å². The molecule has 0 atom stereocenters. The summed E-state index contributed by atoms with van der Waals surface area (Å²) >= 11 is 0. The summed E-state index contributed by atoms with van der Waals surface area (Å²) in [6.45, 7) is 2.17.